The van der Waals surface area contributed by atoms with Crippen LogP contribution in [0.25, 0.3) is 0 Å². The van der Waals surface area contributed by atoms with E-state index in [-0.39, 0.29) is 11.9 Å². The molecule has 0 saturated heterocycles. The second-order valence-electron chi connectivity index (χ2n) is 3.46. The highest BCUT2D eigenvalue weighted by Gasteiger charge is 2.11. The van der Waals surface area contributed by atoms with Crippen molar-refractivity contribution in [2.45, 2.75) is 25.8 Å². The smallest absolute Gasteiger partial charge is 0.141 e. The first-order chi connectivity index (χ1) is 7.17. The third-order valence-electron chi connectivity index (χ3n) is 2.32. The van der Waals surface area contributed by atoms with E-state index in [1.54, 1.807) is 6.20 Å². The minimum atomic E-state index is -0.352. The van der Waals surface area contributed by atoms with Gasteiger partial charge in [-0.25, -0.2) is 4.39 Å². The SMILES string of the molecule is C=C(CC)CC(NN)c1cncc(F)c1. The first-order valence-electron chi connectivity index (χ1n) is 4.90. The molecule has 0 aromatic carbocycles. The Bertz CT molecular complexity index is 338. The molecule has 1 rings (SSSR count). The van der Waals surface area contributed by atoms with Crippen molar-refractivity contribution < 1.29 is 4.39 Å². The predicted octanol–water partition coefficient (Wildman–Crippen LogP) is 2.08. The van der Waals surface area contributed by atoms with Gasteiger partial charge >= 0.3 is 0 Å². The van der Waals surface area contributed by atoms with Gasteiger partial charge in [0.1, 0.15) is 5.82 Å². The van der Waals surface area contributed by atoms with Crippen molar-refractivity contribution >= 4 is 0 Å². The Kier molecular flexibility index (Phi) is 4.39. The highest BCUT2D eigenvalue weighted by Crippen LogP contribution is 2.20. The van der Waals surface area contributed by atoms with Crippen molar-refractivity contribution in [2.24, 2.45) is 5.84 Å². The van der Waals surface area contributed by atoms with E-state index in [9.17, 15) is 4.39 Å². The Balaban J connectivity index is 2.78. The summed E-state index contributed by atoms with van der Waals surface area (Å²) in [5.74, 6) is 5.06. The van der Waals surface area contributed by atoms with Crippen molar-refractivity contribution in [3.05, 3.63) is 42.0 Å². The molecule has 82 valence electrons. The zero-order valence-electron chi connectivity index (χ0n) is 8.83. The maximum absolute atomic E-state index is 12.9. The topological polar surface area (TPSA) is 50.9 Å². The molecule has 0 amide bonds. The lowest BCUT2D eigenvalue weighted by atomic mass is 10.0. The van der Waals surface area contributed by atoms with Gasteiger partial charge in [-0.3, -0.25) is 16.3 Å². The molecule has 15 heavy (non-hydrogen) atoms. The number of rotatable bonds is 5. The van der Waals surface area contributed by atoms with E-state index in [0.717, 1.165) is 17.6 Å². The van der Waals surface area contributed by atoms with Crippen molar-refractivity contribution in [1.82, 2.24) is 10.4 Å². The molecule has 0 aliphatic rings. The summed E-state index contributed by atoms with van der Waals surface area (Å²) in [7, 11) is 0. The summed E-state index contributed by atoms with van der Waals surface area (Å²) in [5, 5.41) is 0. The number of hydrogen-bond acceptors (Lipinski definition) is 3. The average Bonchev–Trinajstić information content (AvgIpc) is 2.25. The molecule has 1 aromatic heterocycles. The molecule has 1 heterocycles. The molecule has 0 radical (unpaired) electrons. The molecular formula is C11H16FN3. The van der Waals surface area contributed by atoms with Gasteiger partial charge in [0, 0.05) is 6.20 Å². The molecule has 0 bridgehead atoms. The molecule has 0 aliphatic carbocycles. The number of nitrogens with one attached hydrogen (secondary N) is 1. The van der Waals surface area contributed by atoms with Crippen LogP contribution in [0.4, 0.5) is 4.39 Å². The minimum Gasteiger partial charge on any atom is -0.271 e. The Labute approximate surface area is 89.2 Å². The Morgan fingerprint density at radius 1 is 1.67 bits per heavy atom. The molecule has 4 heteroatoms. The molecule has 0 aliphatic heterocycles. The van der Waals surface area contributed by atoms with Crippen molar-refractivity contribution in [1.29, 1.82) is 0 Å². The average molecular weight is 209 g/mol. The number of nitrogens with two attached hydrogens (primary N) is 1. The summed E-state index contributed by atoms with van der Waals surface area (Å²) in [6.07, 6.45) is 4.36. The fourth-order valence-electron chi connectivity index (χ4n) is 1.32. The van der Waals surface area contributed by atoms with Crippen LogP contribution in [0, 0.1) is 5.82 Å². The van der Waals surface area contributed by atoms with Crippen LogP contribution in [0.1, 0.15) is 31.4 Å². The molecule has 3 N–H and O–H groups in total. The van der Waals surface area contributed by atoms with Crippen LogP contribution in [-0.4, -0.2) is 4.98 Å². The predicted molar refractivity (Wildman–Crippen MR) is 58.3 cm³/mol. The fourth-order valence-corrected chi connectivity index (χ4v) is 1.32. The van der Waals surface area contributed by atoms with Gasteiger partial charge in [-0.2, -0.15) is 0 Å². The maximum atomic E-state index is 12.9. The molecule has 0 saturated carbocycles. The number of nitrogens with zero attached hydrogens (tertiary/aromatic N) is 1. The van der Waals surface area contributed by atoms with Gasteiger partial charge in [-0.15, -0.1) is 0 Å². The van der Waals surface area contributed by atoms with Crippen LogP contribution in [0.5, 0.6) is 0 Å². The second kappa shape index (κ2) is 5.58. The highest BCUT2D eigenvalue weighted by atomic mass is 19.1. The first kappa shape index (κ1) is 11.8. The van der Waals surface area contributed by atoms with E-state index in [1.165, 1.54) is 12.3 Å². The standard InChI is InChI=1S/C11H16FN3/c1-3-8(2)4-11(15-13)9-5-10(12)7-14-6-9/h5-7,11,15H,2-4,13H2,1H3. The van der Waals surface area contributed by atoms with E-state index in [2.05, 4.69) is 17.0 Å². The van der Waals surface area contributed by atoms with Crippen LogP contribution in [0.3, 0.4) is 0 Å². The van der Waals surface area contributed by atoms with E-state index in [0.29, 0.717) is 6.42 Å². The summed E-state index contributed by atoms with van der Waals surface area (Å²) >= 11 is 0. The lowest BCUT2D eigenvalue weighted by molar-refractivity contribution is 0.535. The van der Waals surface area contributed by atoms with E-state index < -0.39 is 0 Å². The van der Waals surface area contributed by atoms with Crippen LogP contribution in [0.15, 0.2) is 30.6 Å². The monoisotopic (exact) mass is 209 g/mol. The third-order valence-corrected chi connectivity index (χ3v) is 2.32. The van der Waals surface area contributed by atoms with E-state index >= 15 is 0 Å². The number of pyridine rings is 1. The zero-order chi connectivity index (χ0) is 11.3. The molecule has 0 spiro atoms. The Morgan fingerprint density at radius 2 is 2.40 bits per heavy atom. The van der Waals surface area contributed by atoms with Crippen molar-refractivity contribution in [3.63, 3.8) is 0 Å². The number of aromatic nitrogens is 1. The fraction of sp³-hybridized carbons (Fsp3) is 0.364. The summed E-state index contributed by atoms with van der Waals surface area (Å²) in [6.45, 7) is 5.93. The number of halogens is 1. The molecule has 1 unspecified atom stereocenters. The quantitative estimate of drug-likeness (QED) is 0.443. The summed E-state index contributed by atoms with van der Waals surface area (Å²) < 4.78 is 12.9. The Morgan fingerprint density at radius 3 is 2.93 bits per heavy atom. The summed E-state index contributed by atoms with van der Waals surface area (Å²) in [6, 6.07) is 1.31. The van der Waals surface area contributed by atoms with E-state index in [4.69, 9.17) is 5.84 Å². The first-order valence-corrected chi connectivity index (χ1v) is 4.90. The van der Waals surface area contributed by atoms with Crippen LogP contribution in [-0.2, 0) is 0 Å². The van der Waals surface area contributed by atoms with Crippen molar-refractivity contribution in [2.75, 3.05) is 0 Å². The summed E-state index contributed by atoms with van der Waals surface area (Å²) in [4.78, 5) is 3.79. The minimum absolute atomic E-state index is 0.124. The molecule has 3 nitrogen and oxygen atoms in total. The van der Waals surface area contributed by atoms with Crippen LogP contribution in [0.2, 0.25) is 0 Å². The van der Waals surface area contributed by atoms with Gasteiger partial charge in [-0.1, -0.05) is 19.1 Å². The largest absolute Gasteiger partial charge is 0.271 e. The Hall–Kier alpha value is -1.26. The van der Waals surface area contributed by atoms with Crippen LogP contribution < -0.4 is 11.3 Å². The van der Waals surface area contributed by atoms with Gasteiger partial charge in [0.2, 0.25) is 0 Å². The lowest BCUT2D eigenvalue weighted by Gasteiger charge is -2.16. The van der Waals surface area contributed by atoms with Gasteiger partial charge in [0.15, 0.2) is 0 Å². The highest BCUT2D eigenvalue weighted by molar-refractivity contribution is 5.17. The van der Waals surface area contributed by atoms with Gasteiger partial charge < -0.3 is 0 Å². The normalized spacial score (nSPS) is 12.5. The van der Waals surface area contributed by atoms with E-state index in [1.807, 2.05) is 6.92 Å². The van der Waals surface area contributed by atoms with Crippen LogP contribution >= 0.6 is 0 Å². The third kappa shape index (κ3) is 3.42. The molecular weight excluding hydrogens is 193 g/mol. The molecule has 1 atom stereocenters. The molecule has 1 aromatic rings. The van der Waals surface area contributed by atoms with Crippen molar-refractivity contribution in [3.8, 4) is 0 Å². The van der Waals surface area contributed by atoms with Gasteiger partial charge in [-0.05, 0) is 24.5 Å². The van der Waals surface area contributed by atoms with Gasteiger partial charge in [0.05, 0.1) is 12.2 Å². The van der Waals surface area contributed by atoms with Gasteiger partial charge in [0.25, 0.3) is 0 Å². The zero-order valence-corrected chi connectivity index (χ0v) is 8.83. The summed E-state index contributed by atoms with van der Waals surface area (Å²) in [5.41, 5.74) is 4.46. The lowest BCUT2D eigenvalue weighted by Crippen LogP contribution is -2.28. The number of hydrazine groups is 1. The number of hydrogen-bond donors (Lipinski definition) is 2. The maximum Gasteiger partial charge on any atom is 0.141 e. The molecule has 0 fully saturated rings. The second-order valence-corrected chi connectivity index (χ2v) is 3.46.